The van der Waals surface area contributed by atoms with Crippen molar-refractivity contribution in [1.29, 1.82) is 0 Å². The zero-order valence-electron chi connectivity index (χ0n) is 28.2. The monoisotopic (exact) mass is 498 g/mol. The van der Waals surface area contributed by atoms with Crippen molar-refractivity contribution >= 4 is 51.3 Å². The second-order valence-corrected chi connectivity index (χ2v) is 8.10. The first kappa shape index (κ1) is 13.2. The fourth-order valence-electron chi connectivity index (χ4n) is 2.87. The van der Waals surface area contributed by atoms with E-state index in [0.29, 0.717) is 0 Å². The van der Waals surface area contributed by atoms with Crippen LogP contribution in [0.3, 0.4) is 0 Å². The number of amides is 1. The molecule has 11 heteroatoms. The Bertz CT molecular complexity index is 1550. The van der Waals surface area contributed by atoms with Crippen molar-refractivity contribution in [2.45, 2.75) is 13.8 Å². The summed E-state index contributed by atoms with van der Waals surface area (Å²) in [5.74, 6) is -0.259. The van der Waals surface area contributed by atoms with E-state index < -0.39 is 51.9 Å². The normalized spacial score (nSPS) is 23.6. The van der Waals surface area contributed by atoms with Gasteiger partial charge in [-0.3, -0.25) is 9.69 Å². The number of β-amino-alcohol motifs (C(OH)–C–C–N with tert-alkyl or cyclic N) is 1. The number of benzene rings is 1. The van der Waals surface area contributed by atoms with Crippen molar-refractivity contribution < 1.29 is 25.0 Å². The third-order valence-electron chi connectivity index (χ3n) is 4.37. The van der Waals surface area contributed by atoms with Gasteiger partial charge in [-0.15, -0.1) is 0 Å². The maximum absolute atomic E-state index is 12.9. The molecule has 0 spiro atoms. The summed E-state index contributed by atoms with van der Waals surface area (Å²) < 4.78 is 87.3. The van der Waals surface area contributed by atoms with E-state index in [4.69, 9.17) is 26.7 Å². The van der Waals surface area contributed by atoms with E-state index in [1.54, 1.807) is 0 Å². The molecule has 0 atom stereocenters. The summed E-state index contributed by atoms with van der Waals surface area (Å²) in [5.41, 5.74) is -0.188. The van der Waals surface area contributed by atoms with Crippen LogP contribution in [0.5, 0.6) is 0 Å². The first-order chi connectivity index (χ1) is 20.0. The van der Waals surface area contributed by atoms with Crippen LogP contribution in [0.25, 0.3) is 0 Å². The number of halogens is 1. The van der Waals surface area contributed by atoms with Gasteiger partial charge in [0.15, 0.2) is 5.13 Å². The lowest BCUT2D eigenvalue weighted by atomic mass is 10.2. The standard InChI is InChI=1S/C22H26ClN7O2S/c1-14-4-3-5-16(23)20(14)28-21(32)17-13-24-22(33-17)27-18-12-19(26-15(2)25-18)30-8-6-29(7-9-30)10-11-31/h3-5,12-13,31H,6-11H2,1-2H3,(H,28,32)(H,24,25,26,27)/i1D3,6D2,7D2,10D2,11D2. The minimum absolute atomic E-state index is 0.0413. The molecule has 3 heterocycles. The molecule has 0 saturated carbocycles. The van der Waals surface area contributed by atoms with E-state index in [2.05, 4.69) is 25.6 Å². The molecule has 1 amide bonds. The largest absolute Gasteiger partial charge is 0.395 e. The van der Waals surface area contributed by atoms with Crippen LogP contribution < -0.4 is 15.5 Å². The Hall–Kier alpha value is -2.79. The number of hydrogen-bond acceptors (Lipinski definition) is 9. The molecule has 1 fully saturated rings. The number of rotatable bonds is 7. The van der Waals surface area contributed by atoms with Gasteiger partial charge in [0.1, 0.15) is 22.3 Å². The van der Waals surface area contributed by atoms with Crippen molar-refractivity contribution in [3.05, 3.63) is 51.7 Å². The van der Waals surface area contributed by atoms with Gasteiger partial charge in [-0.1, -0.05) is 35.1 Å². The fourth-order valence-corrected chi connectivity index (χ4v) is 3.81. The molecule has 1 aliphatic heterocycles. The van der Waals surface area contributed by atoms with E-state index in [-0.39, 0.29) is 48.6 Å². The summed E-state index contributed by atoms with van der Waals surface area (Å²) >= 11 is 7.06. The van der Waals surface area contributed by atoms with Crippen molar-refractivity contribution in [2.75, 3.05) is 54.7 Å². The van der Waals surface area contributed by atoms with Gasteiger partial charge in [0.05, 0.1) is 26.2 Å². The Balaban J connectivity index is 1.55. The van der Waals surface area contributed by atoms with Crippen LogP contribution in [0, 0.1) is 13.8 Å². The molecule has 9 nitrogen and oxygen atoms in total. The Morgan fingerprint density at radius 2 is 2.21 bits per heavy atom. The van der Waals surface area contributed by atoms with E-state index in [1.165, 1.54) is 42.3 Å². The maximum Gasteiger partial charge on any atom is 0.267 e. The summed E-state index contributed by atoms with van der Waals surface area (Å²) in [6.45, 7) is -14.9. The summed E-state index contributed by atoms with van der Waals surface area (Å²) in [5, 5.41) is 15.4. The Kier molecular flexibility index (Phi) is 4.17. The van der Waals surface area contributed by atoms with E-state index in [0.717, 1.165) is 11.3 Å². The van der Waals surface area contributed by atoms with Gasteiger partial charge in [-0.05, 0) is 25.4 Å². The minimum atomic E-state index is -3.58. The van der Waals surface area contributed by atoms with Gasteiger partial charge in [-0.2, -0.15) is 0 Å². The zero-order chi connectivity index (χ0) is 33.0. The topological polar surface area (TPSA) is 107 Å². The molecule has 33 heavy (non-hydrogen) atoms. The van der Waals surface area contributed by atoms with Crippen LogP contribution in [-0.2, 0) is 0 Å². The van der Waals surface area contributed by atoms with Crippen LogP contribution in [-0.4, -0.2) is 70.0 Å². The number of aliphatic hydroxyl groups is 1. The second kappa shape index (κ2) is 10.4. The number of hydrogen-bond donors (Lipinski definition) is 3. The smallest absolute Gasteiger partial charge is 0.267 e. The van der Waals surface area contributed by atoms with Gasteiger partial charge in [0.2, 0.25) is 0 Å². The van der Waals surface area contributed by atoms with E-state index in [9.17, 15) is 9.90 Å². The van der Waals surface area contributed by atoms with Gasteiger partial charge >= 0.3 is 0 Å². The molecule has 0 bridgehead atoms. The summed E-state index contributed by atoms with van der Waals surface area (Å²) in [6, 6.07) is 5.60. The van der Waals surface area contributed by atoms with Crippen LogP contribution in [0.2, 0.25) is 5.02 Å². The SMILES string of the molecule is [2H]C([2H])([2H])c1cccc(Cl)c1NC(=O)c1cnc(Nc2cc(N3CC([2H])([2H])N(C([2H])([2H])C([2H])([2H])O)C([2H])([2H])C3)nc(C)n2)s1. The van der Waals surface area contributed by atoms with Gasteiger partial charge in [-0.25, -0.2) is 15.0 Å². The van der Waals surface area contributed by atoms with Crippen LogP contribution in [0.4, 0.5) is 22.5 Å². The summed E-state index contributed by atoms with van der Waals surface area (Å²) in [4.78, 5) is 26.9. The highest BCUT2D eigenvalue weighted by molar-refractivity contribution is 7.17. The highest BCUT2D eigenvalue weighted by Gasteiger charge is 2.19. The molecular weight excluding hydrogens is 462 g/mol. The van der Waals surface area contributed by atoms with Crippen molar-refractivity contribution in [1.82, 2.24) is 19.9 Å². The maximum atomic E-state index is 12.9. The van der Waals surface area contributed by atoms with Crippen LogP contribution in [0.1, 0.15) is 36.1 Å². The lowest BCUT2D eigenvalue weighted by molar-refractivity contribution is 0.103. The molecule has 174 valence electrons. The van der Waals surface area contributed by atoms with E-state index in [1.807, 2.05) is 0 Å². The fraction of sp³-hybridized carbons (Fsp3) is 0.364. The highest BCUT2D eigenvalue weighted by atomic mass is 35.5. The number of carbonyl (C=O) groups is 1. The third-order valence-corrected chi connectivity index (χ3v) is 5.59. The minimum Gasteiger partial charge on any atom is -0.395 e. The van der Waals surface area contributed by atoms with Crippen molar-refractivity contribution in [3.8, 4) is 0 Å². The molecule has 2 aromatic heterocycles. The number of piperazine rings is 1. The Morgan fingerprint density at radius 1 is 1.39 bits per heavy atom. The highest BCUT2D eigenvalue weighted by Crippen LogP contribution is 2.28. The van der Waals surface area contributed by atoms with Crippen molar-refractivity contribution in [2.24, 2.45) is 0 Å². The molecule has 1 saturated heterocycles. The number of aromatic nitrogens is 3. The third kappa shape index (κ3) is 5.77. The molecule has 0 unspecified atom stereocenters. The Labute approximate surface area is 216 Å². The molecule has 4 rings (SSSR count). The van der Waals surface area contributed by atoms with Gasteiger partial charge in [0, 0.05) is 51.0 Å². The van der Waals surface area contributed by atoms with Crippen molar-refractivity contribution in [3.63, 3.8) is 0 Å². The quantitative estimate of drug-likeness (QED) is 0.455. The number of para-hydroxylation sites is 1. The molecule has 3 aromatic rings. The summed E-state index contributed by atoms with van der Waals surface area (Å²) in [6.07, 6.45) is 1.25. The number of aryl methyl sites for hydroxylation is 2. The predicted octanol–water partition coefficient (Wildman–Crippen LogP) is 3.31. The molecule has 1 aliphatic rings. The van der Waals surface area contributed by atoms with Crippen LogP contribution >= 0.6 is 22.9 Å². The lowest BCUT2D eigenvalue weighted by Crippen LogP contribution is -2.47. The first-order valence-electron chi connectivity index (χ1n) is 15.0. The number of thiazole rings is 1. The van der Waals surface area contributed by atoms with Gasteiger partial charge in [0.25, 0.3) is 5.91 Å². The number of anilines is 4. The molecule has 0 radical (unpaired) electrons. The lowest BCUT2D eigenvalue weighted by Gasteiger charge is -2.35. The van der Waals surface area contributed by atoms with Crippen LogP contribution in [0.15, 0.2) is 30.5 Å². The summed E-state index contributed by atoms with van der Waals surface area (Å²) in [7, 11) is 0. The predicted molar refractivity (Wildman–Crippen MR) is 132 cm³/mol. The Morgan fingerprint density at radius 3 is 2.97 bits per heavy atom. The molecular formula is C22H26ClN7O2S. The second-order valence-electron chi connectivity index (χ2n) is 6.66. The van der Waals surface area contributed by atoms with E-state index >= 15 is 0 Å². The molecule has 0 aliphatic carbocycles. The number of nitrogens with one attached hydrogen (secondary N) is 2. The zero-order valence-corrected chi connectivity index (χ0v) is 18.8. The first-order valence-corrected chi connectivity index (χ1v) is 10.7. The number of carbonyl (C=O) groups excluding carboxylic acids is 1. The average Bonchev–Trinajstić information content (AvgIpc) is 3.30. The van der Waals surface area contributed by atoms with Gasteiger partial charge < -0.3 is 20.6 Å². The molecule has 1 aromatic carbocycles. The molecule has 3 N–H and O–H groups in total. The number of nitrogens with zero attached hydrogens (tertiary/aromatic N) is 5. The average molecular weight is 499 g/mol.